The minimum Gasteiger partial charge on any atom is -0.493 e. The normalized spacial score (nSPS) is 12.0. The second-order valence-electron chi connectivity index (χ2n) is 4.75. The summed E-state index contributed by atoms with van der Waals surface area (Å²) in [5.41, 5.74) is 2.23. The molecule has 0 fully saturated rings. The van der Waals surface area contributed by atoms with Crippen LogP contribution in [-0.4, -0.2) is 25.7 Å². The number of pyridine rings is 1. The number of aromatic nitrogens is 1. The number of benzene rings is 1. The maximum absolute atomic E-state index is 5.39. The summed E-state index contributed by atoms with van der Waals surface area (Å²) in [7, 11) is 3.30. The Bertz CT molecular complexity index is 558. The molecule has 1 atom stereocenters. The molecule has 1 unspecified atom stereocenters. The fraction of sp³-hybridized carbons (Fsp3) is 0.353. The van der Waals surface area contributed by atoms with Crippen LogP contribution in [0.1, 0.15) is 24.2 Å². The van der Waals surface area contributed by atoms with Crippen LogP contribution in [0.15, 0.2) is 42.6 Å². The van der Waals surface area contributed by atoms with Gasteiger partial charge in [-0.2, -0.15) is 0 Å². The number of hydrogen-bond donors (Lipinski definition) is 1. The molecule has 0 saturated heterocycles. The van der Waals surface area contributed by atoms with E-state index in [1.54, 1.807) is 14.2 Å². The molecule has 1 aromatic heterocycles. The Morgan fingerprint density at radius 1 is 1.10 bits per heavy atom. The topological polar surface area (TPSA) is 43.4 Å². The molecule has 0 aliphatic rings. The zero-order valence-electron chi connectivity index (χ0n) is 12.8. The third-order valence-electron chi connectivity index (χ3n) is 3.40. The molecular formula is C17H22N2O2. The second kappa shape index (κ2) is 7.64. The molecule has 2 aromatic rings. The van der Waals surface area contributed by atoms with Gasteiger partial charge in [0.05, 0.1) is 14.2 Å². The van der Waals surface area contributed by atoms with Gasteiger partial charge in [0.2, 0.25) is 0 Å². The Morgan fingerprint density at radius 2 is 1.90 bits per heavy atom. The lowest BCUT2D eigenvalue weighted by Gasteiger charge is -2.19. The van der Waals surface area contributed by atoms with Gasteiger partial charge in [0.25, 0.3) is 0 Å². The average Bonchev–Trinajstić information content (AvgIpc) is 2.54. The number of likely N-dealkylation sites (N-methyl/N-ethyl adjacent to an activating group) is 1. The Hall–Kier alpha value is -2.07. The van der Waals surface area contributed by atoms with E-state index >= 15 is 0 Å². The van der Waals surface area contributed by atoms with Crippen molar-refractivity contribution in [2.24, 2.45) is 0 Å². The van der Waals surface area contributed by atoms with Gasteiger partial charge in [0.15, 0.2) is 11.5 Å². The molecular weight excluding hydrogens is 264 g/mol. The third-order valence-corrected chi connectivity index (χ3v) is 3.40. The number of rotatable bonds is 7. The summed E-state index contributed by atoms with van der Waals surface area (Å²) in [5, 5.41) is 3.50. The van der Waals surface area contributed by atoms with Gasteiger partial charge in [-0.05, 0) is 36.4 Å². The van der Waals surface area contributed by atoms with Crippen LogP contribution in [0.3, 0.4) is 0 Å². The Balaban J connectivity index is 2.25. The molecule has 0 spiro atoms. The fourth-order valence-corrected chi connectivity index (χ4v) is 2.35. The molecule has 112 valence electrons. The van der Waals surface area contributed by atoms with Crippen molar-refractivity contribution in [2.45, 2.75) is 19.4 Å². The Kier molecular flexibility index (Phi) is 5.58. The van der Waals surface area contributed by atoms with Crippen LogP contribution < -0.4 is 14.8 Å². The number of nitrogens with one attached hydrogen (secondary N) is 1. The maximum atomic E-state index is 5.39. The minimum absolute atomic E-state index is 0.199. The summed E-state index contributed by atoms with van der Waals surface area (Å²) >= 11 is 0. The molecule has 0 aliphatic carbocycles. The fourth-order valence-electron chi connectivity index (χ4n) is 2.35. The first-order valence-electron chi connectivity index (χ1n) is 7.13. The van der Waals surface area contributed by atoms with Crippen molar-refractivity contribution < 1.29 is 9.47 Å². The third kappa shape index (κ3) is 3.95. The zero-order chi connectivity index (χ0) is 15.1. The highest BCUT2D eigenvalue weighted by atomic mass is 16.5. The lowest BCUT2D eigenvalue weighted by Crippen LogP contribution is -2.23. The van der Waals surface area contributed by atoms with Crippen molar-refractivity contribution in [3.63, 3.8) is 0 Å². The van der Waals surface area contributed by atoms with Crippen LogP contribution in [0, 0.1) is 0 Å². The molecule has 0 bridgehead atoms. The van der Waals surface area contributed by atoms with Gasteiger partial charge < -0.3 is 14.8 Å². The Morgan fingerprint density at radius 3 is 2.52 bits per heavy atom. The highest BCUT2D eigenvalue weighted by Gasteiger charge is 2.14. The highest BCUT2D eigenvalue weighted by molar-refractivity contribution is 5.44. The van der Waals surface area contributed by atoms with Crippen LogP contribution in [0.25, 0.3) is 0 Å². The van der Waals surface area contributed by atoms with E-state index in [4.69, 9.17) is 9.47 Å². The highest BCUT2D eigenvalue weighted by Crippen LogP contribution is 2.30. The average molecular weight is 286 g/mol. The van der Waals surface area contributed by atoms with E-state index in [1.807, 2.05) is 36.5 Å². The van der Waals surface area contributed by atoms with Crippen molar-refractivity contribution >= 4 is 0 Å². The van der Waals surface area contributed by atoms with E-state index in [9.17, 15) is 0 Å². The smallest absolute Gasteiger partial charge is 0.161 e. The van der Waals surface area contributed by atoms with Gasteiger partial charge in [-0.3, -0.25) is 4.98 Å². The monoisotopic (exact) mass is 286 g/mol. The van der Waals surface area contributed by atoms with Crippen LogP contribution in [0.5, 0.6) is 11.5 Å². The lowest BCUT2D eigenvalue weighted by molar-refractivity contribution is 0.353. The van der Waals surface area contributed by atoms with E-state index in [-0.39, 0.29) is 6.04 Å². The summed E-state index contributed by atoms with van der Waals surface area (Å²) < 4.78 is 10.7. The van der Waals surface area contributed by atoms with Crippen LogP contribution in [0.2, 0.25) is 0 Å². The summed E-state index contributed by atoms with van der Waals surface area (Å²) in [6.45, 7) is 3.00. The lowest BCUT2D eigenvalue weighted by atomic mass is 10.0. The predicted molar refractivity (Wildman–Crippen MR) is 83.9 cm³/mol. The minimum atomic E-state index is 0.199. The largest absolute Gasteiger partial charge is 0.493 e. The van der Waals surface area contributed by atoms with Crippen molar-refractivity contribution in [1.29, 1.82) is 0 Å². The number of ether oxygens (including phenoxy) is 2. The van der Waals surface area contributed by atoms with Crippen molar-refractivity contribution in [3.05, 3.63) is 53.9 Å². The van der Waals surface area contributed by atoms with Gasteiger partial charge in [0.1, 0.15) is 0 Å². The van der Waals surface area contributed by atoms with Crippen molar-refractivity contribution in [1.82, 2.24) is 10.3 Å². The zero-order valence-corrected chi connectivity index (χ0v) is 12.8. The van der Waals surface area contributed by atoms with Gasteiger partial charge in [-0.15, -0.1) is 0 Å². The first-order chi connectivity index (χ1) is 10.3. The van der Waals surface area contributed by atoms with Gasteiger partial charge in [-0.25, -0.2) is 0 Å². The molecule has 21 heavy (non-hydrogen) atoms. The van der Waals surface area contributed by atoms with Gasteiger partial charge >= 0.3 is 0 Å². The maximum Gasteiger partial charge on any atom is 0.161 e. The quantitative estimate of drug-likeness (QED) is 0.849. The van der Waals surface area contributed by atoms with Crippen molar-refractivity contribution in [3.8, 4) is 11.5 Å². The summed E-state index contributed by atoms with van der Waals surface area (Å²) in [6.07, 6.45) is 2.66. The number of nitrogens with zero attached hydrogens (tertiary/aromatic N) is 1. The Labute approximate surface area is 126 Å². The van der Waals surface area contributed by atoms with E-state index in [0.717, 1.165) is 30.2 Å². The van der Waals surface area contributed by atoms with Gasteiger partial charge in [0, 0.05) is 24.4 Å². The first-order valence-corrected chi connectivity index (χ1v) is 7.13. The summed E-state index contributed by atoms with van der Waals surface area (Å²) in [4.78, 5) is 4.41. The predicted octanol–water partition coefficient (Wildman–Crippen LogP) is 2.99. The standard InChI is InChI=1S/C17H22N2O2/c1-4-18-15(12-14-7-5-6-10-19-14)13-8-9-16(20-2)17(11-13)21-3/h5-11,15,18H,4,12H2,1-3H3. The SMILES string of the molecule is CCNC(Cc1ccccn1)c1ccc(OC)c(OC)c1. The molecule has 2 rings (SSSR count). The first kappa shape index (κ1) is 15.3. The molecule has 0 amide bonds. The van der Waals surface area contributed by atoms with E-state index < -0.39 is 0 Å². The number of methoxy groups -OCH3 is 2. The molecule has 1 aromatic carbocycles. The molecule has 0 aliphatic heterocycles. The molecule has 4 nitrogen and oxygen atoms in total. The molecule has 0 radical (unpaired) electrons. The summed E-state index contributed by atoms with van der Waals surface area (Å²) in [5.74, 6) is 1.49. The number of hydrogen-bond acceptors (Lipinski definition) is 4. The molecule has 1 N–H and O–H groups in total. The molecule has 0 saturated carbocycles. The van der Waals surface area contributed by atoms with Crippen LogP contribution >= 0.6 is 0 Å². The van der Waals surface area contributed by atoms with E-state index in [1.165, 1.54) is 5.56 Å². The van der Waals surface area contributed by atoms with Crippen molar-refractivity contribution in [2.75, 3.05) is 20.8 Å². The van der Waals surface area contributed by atoms with E-state index in [0.29, 0.717) is 0 Å². The van der Waals surface area contributed by atoms with E-state index in [2.05, 4.69) is 23.3 Å². The van der Waals surface area contributed by atoms with Crippen LogP contribution in [-0.2, 0) is 6.42 Å². The summed E-state index contributed by atoms with van der Waals surface area (Å²) in [6, 6.07) is 12.2. The molecule has 4 heteroatoms. The van der Waals surface area contributed by atoms with Gasteiger partial charge in [-0.1, -0.05) is 19.1 Å². The molecule has 1 heterocycles. The van der Waals surface area contributed by atoms with Crippen LogP contribution in [0.4, 0.5) is 0 Å². The second-order valence-corrected chi connectivity index (χ2v) is 4.75.